The Bertz CT molecular complexity index is 256. The van der Waals surface area contributed by atoms with E-state index in [1.807, 2.05) is 0 Å². The van der Waals surface area contributed by atoms with Crippen LogP contribution in [0.5, 0.6) is 0 Å². The zero-order chi connectivity index (χ0) is 12.1. The van der Waals surface area contributed by atoms with Crippen LogP contribution in [0, 0.1) is 0 Å². The molecule has 0 bridgehead atoms. The van der Waals surface area contributed by atoms with Gasteiger partial charge in [0.05, 0.1) is 13.2 Å². The second-order valence-corrected chi connectivity index (χ2v) is 4.44. The fraction of sp³-hybridized carbons (Fsp3) is 0.909. The molecule has 2 saturated heterocycles. The maximum absolute atomic E-state index is 11.6. The van der Waals surface area contributed by atoms with Crippen LogP contribution in [0.25, 0.3) is 0 Å². The van der Waals surface area contributed by atoms with E-state index in [9.17, 15) is 10.0 Å². The van der Waals surface area contributed by atoms with Crippen LogP contribution in [0.2, 0.25) is 0 Å². The Morgan fingerprint density at radius 3 is 2.76 bits per heavy atom. The van der Waals surface area contributed by atoms with Crippen molar-refractivity contribution in [2.75, 3.05) is 46.0 Å². The molecular formula is C11H20N2O4. The van der Waals surface area contributed by atoms with Crippen LogP contribution >= 0.6 is 0 Å². The third-order valence-corrected chi connectivity index (χ3v) is 3.25. The van der Waals surface area contributed by atoms with Crippen molar-refractivity contribution in [3.05, 3.63) is 0 Å². The van der Waals surface area contributed by atoms with Crippen molar-refractivity contribution >= 4 is 5.97 Å². The van der Waals surface area contributed by atoms with Crippen LogP contribution < -0.4 is 0 Å². The Balaban J connectivity index is 1.62. The number of rotatable bonds is 4. The van der Waals surface area contributed by atoms with Gasteiger partial charge in [-0.05, 0) is 12.8 Å². The molecule has 0 aromatic heterocycles. The lowest BCUT2D eigenvalue weighted by molar-refractivity contribution is -0.167. The smallest absolute Gasteiger partial charge is 0.325 e. The summed E-state index contributed by atoms with van der Waals surface area (Å²) in [4.78, 5) is 13.8. The number of hydroxylamine groups is 2. The molecule has 98 valence electrons. The van der Waals surface area contributed by atoms with Crippen molar-refractivity contribution in [3.8, 4) is 0 Å². The standard InChI is InChI=1S/C11H20N2O4/c14-11(10-2-1-3-13(10)15)17-9-6-12-4-7-16-8-5-12/h10,15H,1-9H2. The van der Waals surface area contributed by atoms with Gasteiger partial charge in [-0.1, -0.05) is 0 Å². The number of carbonyl (C=O) groups is 1. The summed E-state index contributed by atoms with van der Waals surface area (Å²) in [5.74, 6) is -0.307. The maximum atomic E-state index is 11.6. The third kappa shape index (κ3) is 3.64. The Hall–Kier alpha value is -0.690. The molecule has 1 atom stereocenters. The molecule has 2 heterocycles. The monoisotopic (exact) mass is 244 g/mol. The highest BCUT2D eigenvalue weighted by molar-refractivity contribution is 5.75. The first-order chi connectivity index (χ1) is 8.27. The predicted octanol–water partition coefficient (Wildman–Crippen LogP) is -0.285. The lowest BCUT2D eigenvalue weighted by atomic mass is 10.2. The Kier molecular flexibility index (Phi) is 4.73. The zero-order valence-electron chi connectivity index (χ0n) is 10.0. The van der Waals surface area contributed by atoms with Gasteiger partial charge >= 0.3 is 5.97 Å². The van der Waals surface area contributed by atoms with E-state index < -0.39 is 6.04 Å². The van der Waals surface area contributed by atoms with Crippen LogP contribution in [0.15, 0.2) is 0 Å². The fourth-order valence-corrected chi connectivity index (χ4v) is 2.19. The molecule has 0 amide bonds. The van der Waals surface area contributed by atoms with Crippen LogP contribution in [0.3, 0.4) is 0 Å². The average Bonchev–Trinajstić information content (AvgIpc) is 2.77. The molecule has 0 aromatic rings. The van der Waals surface area contributed by atoms with Crippen LogP contribution in [0.1, 0.15) is 12.8 Å². The van der Waals surface area contributed by atoms with Gasteiger partial charge in [-0.2, -0.15) is 5.06 Å². The maximum Gasteiger partial charge on any atom is 0.325 e. The summed E-state index contributed by atoms with van der Waals surface area (Å²) in [5.41, 5.74) is 0. The van der Waals surface area contributed by atoms with Crippen molar-refractivity contribution in [1.82, 2.24) is 9.96 Å². The minimum absolute atomic E-state index is 0.307. The Labute approximate surface area is 101 Å². The van der Waals surface area contributed by atoms with E-state index in [2.05, 4.69) is 4.90 Å². The molecule has 1 N–H and O–H groups in total. The molecule has 2 aliphatic heterocycles. The van der Waals surface area contributed by atoms with Gasteiger partial charge in [0.1, 0.15) is 12.6 Å². The van der Waals surface area contributed by atoms with Gasteiger partial charge < -0.3 is 14.7 Å². The predicted molar refractivity (Wildman–Crippen MR) is 59.7 cm³/mol. The first kappa shape index (κ1) is 12.8. The highest BCUT2D eigenvalue weighted by Crippen LogP contribution is 2.15. The van der Waals surface area contributed by atoms with E-state index in [0.717, 1.165) is 44.3 Å². The third-order valence-electron chi connectivity index (χ3n) is 3.25. The molecular weight excluding hydrogens is 224 g/mol. The van der Waals surface area contributed by atoms with Gasteiger partial charge in [0, 0.05) is 26.2 Å². The number of nitrogens with zero attached hydrogens (tertiary/aromatic N) is 2. The summed E-state index contributed by atoms with van der Waals surface area (Å²) in [6.07, 6.45) is 1.53. The second-order valence-electron chi connectivity index (χ2n) is 4.44. The molecule has 0 saturated carbocycles. The summed E-state index contributed by atoms with van der Waals surface area (Å²) in [6.45, 7) is 4.99. The SMILES string of the molecule is O=C(OCCN1CCOCC1)C1CCCN1O. The minimum atomic E-state index is -0.459. The van der Waals surface area contributed by atoms with Gasteiger partial charge in [-0.15, -0.1) is 0 Å². The quantitative estimate of drug-likeness (QED) is 0.686. The van der Waals surface area contributed by atoms with E-state index in [0.29, 0.717) is 19.6 Å². The molecule has 2 fully saturated rings. The van der Waals surface area contributed by atoms with Gasteiger partial charge in [0.25, 0.3) is 0 Å². The van der Waals surface area contributed by atoms with E-state index in [4.69, 9.17) is 9.47 Å². The van der Waals surface area contributed by atoms with Crippen molar-refractivity contribution in [2.45, 2.75) is 18.9 Å². The van der Waals surface area contributed by atoms with E-state index in [-0.39, 0.29) is 5.97 Å². The largest absolute Gasteiger partial charge is 0.463 e. The van der Waals surface area contributed by atoms with Gasteiger partial charge in [0.15, 0.2) is 0 Å². The summed E-state index contributed by atoms with van der Waals surface area (Å²) in [7, 11) is 0. The highest BCUT2D eigenvalue weighted by Gasteiger charge is 2.30. The van der Waals surface area contributed by atoms with Gasteiger partial charge in [-0.25, -0.2) is 0 Å². The molecule has 0 radical (unpaired) electrons. The molecule has 6 heteroatoms. The first-order valence-electron chi connectivity index (χ1n) is 6.19. The molecule has 0 aliphatic carbocycles. The molecule has 2 aliphatic rings. The molecule has 0 spiro atoms. The summed E-state index contributed by atoms with van der Waals surface area (Å²) < 4.78 is 10.4. The topological polar surface area (TPSA) is 62.2 Å². The van der Waals surface area contributed by atoms with Crippen LogP contribution in [0.4, 0.5) is 0 Å². The van der Waals surface area contributed by atoms with E-state index in [1.54, 1.807) is 0 Å². The lowest BCUT2D eigenvalue weighted by Gasteiger charge is -2.26. The molecule has 1 unspecified atom stereocenters. The minimum Gasteiger partial charge on any atom is -0.463 e. The Morgan fingerprint density at radius 2 is 2.12 bits per heavy atom. The number of hydrogen-bond acceptors (Lipinski definition) is 6. The summed E-state index contributed by atoms with van der Waals surface area (Å²) in [5, 5.41) is 10.5. The Morgan fingerprint density at radius 1 is 1.35 bits per heavy atom. The highest BCUT2D eigenvalue weighted by atomic mass is 16.6. The van der Waals surface area contributed by atoms with E-state index >= 15 is 0 Å². The molecule has 17 heavy (non-hydrogen) atoms. The van der Waals surface area contributed by atoms with Gasteiger partial charge in [0.2, 0.25) is 0 Å². The number of carbonyl (C=O) groups excluding carboxylic acids is 1. The molecule has 2 rings (SSSR count). The number of morpholine rings is 1. The zero-order valence-corrected chi connectivity index (χ0v) is 10.0. The normalized spacial score (nSPS) is 27.2. The fourth-order valence-electron chi connectivity index (χ4n) is 2.19. The second kappa shape index (κ2) is 6.30. The average molecular weight is 244 g/mol. The number of ether oxygens (including phenoxy) is 2. The molecule has 0 aromatic carbocycles. The van der Waals surface area contributed by atoms with Crippen molar-refractivity contribution in [1.29, 1.82) is 0 Å². The van der Waals surface area contributed by atoms with Crippen molar-refractivity contribution < 1.29 is 19.5 Å². The van der Waals surface area contributed by atoms with Crippen molar-refractivity contribution in [2.24, 2.45) is 0 Å². The van der Waals surface area contributed by atoms with Crippen LogP contribution in [-0.2, 0) is 14.3 Å². The van der Waals surface area contributed by atoms with Gasteiger partial charge in [-0.3, -0.25) is 9.69 Å². The lowest BCUT2D eigenvalue weighted by Crippen LogP contribution is -2.40. The van der Waals surface area contributed by atoms with Crippen molar-refractivity contribution in [3.63, 3.8) is 0 Å². The molecule has 6 nitrogen and oxygen atoms in total. The number of hydrogen-bond donors (Lipinski definition) is 1. The number of esters is 1. The summed E-state index contributed by atoms with van der Waals surface area (Å²) >= 11 is 0. The first-order valence-corrected chi connectivity index (χ1v) is 6.19. The summed E-state index contributed by atoms with van der Waals surface area (Å²) in [6, 6.07) is -0.459. The van der Waals surface area contributed by atoms with Crippen LogP contribution in [-0.4, -0.2) is 73.2 Å². The van der Waals surface area contributed by atoms with E-state index in [1.165, 1.54) is 0 Å².